The average molecular weight is 183 g/mol. The van der Waals surface area contributed by atoms with Crippen LogP contribution in [0.5, 0.6) is 0 Å². The summed E-state index contributed by atoms with van der Waals surface area (Å²) in [5.41, 5.74) is 0. The van der Waals surface area contributed by atoms with Gasteiger partial charge in [0.05, 0.1) is 6.04 Å². The van der Waals surface area contributed by atoms with Crippen LogP contribution in [0.1, 0.15) is 39.0 Å². The van der Waals surface area contributed by atoms with E-state index in [4.69, 9.17) is 4.74 Å². The fourth-order valence-electron chi connectivity index (χ4n) is 2.34. The van der Waals surface area contributed by atoms with E-state index in [9.17, 15) is 4.79 Å². The van der Waals surface area contributed by atoms with Crippen molar-refractivity contribution in [1.29, 1.82) is 0 Å². The first-order valence-corrected chi connectivity index (χ1v) is 5.30. The van der Waals surface area contributed by atoms with Gasteiger partial charge in [-0.15, -0.1) is 0 Å². The summed E-state index contributed by atoms with van der Waals surface area (Å²) in [4.78, 5) is 13.2. The molecule has 3 nitrogen and oxygen atoms in total. The van der Waals surface area contributed by atoms with E-state index < -0.39 is 0 Å². The Kier molecular flexibility index (Phi) is 2.42. The number of hydrogen-bond donors (Lipinski definition) is 0. The monoisotopic (exact) mass is 183 g/mol. The van der Waals surface area contributed by atoms with Gasteiger partial charge in [-0.2, -0.15) is 0 Å². The fraction of sp³-hybridized carbons (Fsp3) is 0.900. The van der Waals surface area contributed by atoms with Crippen LogP contribution in [-0.2, 0) is 4.74 Å². The second kappa shape index (κ2) is 3.56. The van der Waals surface area contributed by atoms with Crippen LogP contribution in [0.15, 0.2) is 0 Å². The molecule has 0 radical (unpaired) electrons. The lowest BCUT2D eigenvalue weighted by Gasteiger charge is -2.15. The molecule has 2 heterocycles. The Morgan fingerprint density at radius 1 is 1.62 bits per heavy atom. The van der Waals surface area contributed by atoms with Gasteiger partial charge in [0.2, 0.25) is 0 Å². The summed E-state index contributed by atoms with van der Waals surface area (Å²) in [7, 11) is 0. The largest absolute Gasteiger partial charge is 0.444 e. The van der Waals surface area contributed by atoms with Crippen LogP contribution in [-0.4, -0.2) is 29.7 Å². The van der Waals surface area contributed by atoms with Crippen LogP contribution in [0.3, 0.4) is 0 Å². The highest BCUT2D eigenvalue weighted by atomic mass is 16.6. The van der Waals surface area contributed by atoms with Gasteiger partial charge in [-0.05, 0) is 25.7 Å². The van der Waals surface area contributed by atoms with Crippen LogP contribution in [0, 0.1) is 0 Å². The van der Waals surface area contributed by atoms with E-state index in [0.717, 1.165) is 25.8 Å². The van der Waals surface area contributed by atoms with Crippen molar-refractivity contribution >= 4 is 6.09 Å². The molecule has 0 N–H and O–H groups in total. The number of rotatable bonds is 3. The van der Waals surface area contributed by atoms with Crippen molar-refractivity contribution in [3.63, 3.8) is 0 Å². The summed E-state index contributed by atoms with van der Waals surface area (Å²) >= 11 is 0. The third-order valence-electron chi connectivity index (χ3n) is 3.06. The highest BCUT2D eigenvalue weighted by Gasteiger charge is 2.43. The molecule has 0 saturated carbocycles. The first-order chi connectivity index (χ1) is 6.33. The number of fused-ring (bicyclic) bond motifs is 1. The minimum atomic E-state index is -0.0800. The quantitative estimate of drug-likeness (QED) is 0.671. The van der Waals surface area contributed by atoms with Crippen molar-refractivity contribution in [3.8, 4) is 0 Å². The predicted molar refractivity (Wildman–Crippen MR) is 49.5 cm³/mol. The van der Waals surface area contributed by atoms with Gasteiger partial charge in [-0.1, -0.05) is 13.3 Å². The molecule has 0 unspecified atom stereocenters. The van der Waals surface area contributed by atoms with Gasteiger partial charge in [0.25, 0.3) is 0 Å². The average Bonchev–Trinajstić information content (AvgIpc) is 2.67. The van der Waals surface area contributed by atoms with Crippen molar-refractivity contribution in [1.82, 2.24) is 4.90 Å². The lowest BCUT2D eigenvalue weighted by atomic mass is 10.0. The van der Waals surface area contributed by atoms with Gasteiger partial charge < -0.3 is 9.64 Å². The molecule has 3 heteroatoms. The van der Waals surface area contributed by atoms with E-state index in [2.05, 4.69) is 6.92 Å². The standard InChI is InChI=1S/C10H17NO2/c1-2-3-6-9-8-5-4-7-11(8)10(12)13-9/h8-9H,2-7H2,1H3/t8-,9+/m0/s1. The zero-order chi connectivity index (χ0) is 9.26. The maximum atomic E-state index is 11.3. The number of ether oxygens (including phenoxy) is 1. The molecule has 2 aliphatic rings. The zero-order valence-electron chi connectivity index (χ0n) is 8.16. The molecular weight excluding hydrogens is 166 g/mol. The molecule has 2 saturated heterocycles. The molecule has 13 heavy (non-hydrogen) atoms. The summed E-state index contributed by atoms with van der Waals surface area (Å²) in [5, 5.41) is 0. The van der Waals surface area contributed by atoms with Crippen molar-refractivity contribution in [2.75, 3.05) is 6.54 Å². The normalized spacial score (nSPS) is 32.1. The Balaban J connectivity index is 1.94. The molecule has 2 atom stereocenters. The highest BCUT2D eigenvalue weighted by molar-refractivity contribution is 5.71. The summed E-state index contributed by atoms with van der Waals surface area (Å²) in [5.74, 6) is 0. The van der Waals surface area contributed by atoms with Gasteiger partial charge in [0.15, 0.2) is 0 Å². The van der Waals surface area contributed by atoms with Gasteiger partial charge in [-0.25, -0.2) is 4.79 Å². The molecule has 1 amide bonds. The van der Waals surface area contributed by atoms with E-state index >= 15 is 0 Å². The molecule has 2 fully saturated rings. The first-order valence-electron chi connectivity index (χ1n) is 5.30. The molecule has 2 rings (SSSR count). The molecular formula is C10H17NO2. The van der Waals surface area contributed by atoms with E-state index in [1.807, 2.05) is 4.90 Å². The minimum absolute atomic E-state index is 0.0800. The number of hydrogen-bond acceptors (Lipinski definition) is 2. The third kappa shape index (κ3) is 1.52. The Morgan fingerprint density at radius 3 is 3.23 bits per heavy atom. The van der Waals surface area contributed by atoms with Crippen molar-refractivity contribution in [2.45, 2.75) is 51.2 Å². The van der Waals surface area contributed by atoms with Gasteiger partial charge in [-0.3, -0.25) is 0 Å². The predicted octanol–water partition coefficient (Wildman–Crippen LogP) is 2.16. The van der Waals surface area contributed by atoms with E-state index in [1.165, 1.54) is 12.8 Å². The number of cyclic esters (lactones) is 1. The van der Waals surface area contributed by atoms with Crippen LogP contribution < -0.4 is 0 Å². The summed E-state index contributed by atoms with van der Waals surface area (Å²) in [6.07, 6.45) is 5.80. The van der Waals surface area contributed by atoms with E-state index in [0.29, 0.717) is 6.04 Å². The number of nitrogens with zero attached hydrogens (tertiary/aromatic N) is 1. The van der Waals surface area contributed by atoms with E-state index in [-0.39, 0.29) is 12.2 Å². The maximum Gasteiger partial charge on any atom is 0.410 e. The van der Waals surface area contributed by atoms with E-state index in [1.54, 1.807) is 0 Å². The number of unbranched alkanes of at least 4 members (excludes halogenated alkanes) is 1. The Morgan fingerprint density at radius 2 is 2.46 bits per heavy atom. The lowest BCUT2D eigenvalue weighted by Crippen LogP contribution is -2.30. The van der Waals surface area contributed by atoms with Crippen molar-refractivity contribution in [3.05, 3.63) is 0 Å². The van der Waals surface area contributed by atoms with Gasteiger partial charge in [0, 0.05) is 6.54 Å². The lowest BCUT2D eigenvalue weighted by molar-refractivity contribution is 0.120. The van der Waals surface area contributed by atoms with Crippen molar-refractivity contribution < 1.29 is 9.53 Å². The second-order valence-electron chi connectivity index (χ2n) is 3.97. The molecule has 0 aromatic carbocycles. The fourth-order valence-corrected chi connectivity index (χ4v) is 2.34. The van der Waals surface area contributed by atoms with Gasteiger partial charge >= 0.3 is 6.09 Å². The first kappa shape index (κ1) is 8.85. The smallest absolute Gasteiger partial charge is 0.410 e. The molecule has 0 aromatic rings. The van der Waals surface area contributed by atoms with Crippen molar-refractivity contribution in [2.24, 2.45) is 0 Å². The molecule has 0 bridgehead atoms. The second-order valence-corrected chi connectivity index (χ2v) is 3.97. The molecule has 0 aromatic heterocycles. The van der Waals surface area contributed by atoms with Crippen LogP contribution in [0.25, 0.3) is 0 Å². The van der Waals surface area contributed by atoms with Gasteiger partial charge in [0.1, 0.15) is 6.10 Å². The molecule has 74 valence electrons. The molecule has 0 aliphatic carbocycles. The topological polar surface area (TPSA) is 29.5 Å². The van der Waals surface area contributed by atoms with Crippen LogP contribution >= 0.6 is 0 Å². The number of carbonyl (C=O) groups excluding carboxylic acids is 1. The van der Waals surface area contributed by atoms with Crippen LogP contribution in [0.4, 0.5) is 4.79 Å². The minimum Gasteiger partial charge on any atom is -0.444 e. The third-order valence-corrected chi connectivity index (χ3v) is 3.06. The maximum absolute atomic E-state index is 11.3. The SMILES string of the molecule is CCCC[C@H]1OC(=O)N2CCC[C@@H]12. The molecule has 2 aliphatic heterocycles. The zero-order valence-corrected chi connectivity index (χ0v) is 8.16. The van der Waals surface area contributed by atoms with Crippen LogP contribution in [0.2, 0.25) is 0 Å². The Bertz CT molecular complexity index is 205. The molecule has 0 spiro atoms. The summed E-state index contributed by atoms with van der Waals surface area (Å²) < 4.78 is 5.32. The number of amides is 1. The Labute approximate surface area is 79.0 Å². The number of carbonyl (C=O) groups is 1. The summed E-state index contributed by atoms with van der Waals surface area (Å²) in [6.45, 7) is 3.08. The Hall–Kier alpha value is -0.730. The highest BCUT2D eigenvalue weighted by Crippen LogP contribution is 2.31. The summed E-state index contributed by atoms with van der Waals surface area (Å²) in [6, 6.07) is 0.402.